The molecule has 4 rings (SSSR count). The molecule has 2 saturated heterocycles. The van der Waals surface area contributed by atoms with Crippen molar-refractivity contribution in [2.75, 3.05) is 32.3 Å². The van der Waals surface area contributed by atoms with Crippen LogP contribution in [-0.2, 0) is 16.3 Å². The second-order valence-corrected chi connectivity index (χ2v) is 10.9. The van der Waals surface area contributed by atoms with Crippen molar-refractivity contribution >= 4 is 32.7 Å². The number of ether oxygens (including phenoxy) is 2. The SMILES string of the molecule is COc1cc(OC)cc(C(=O)N=C2S[C@@H]3CS(=O)(=O)C[C@H]3N2CCc2ccccc2)c1. The number of hydrogen-bond acceptors (Lipinski definition) is 6. The molecule has 2 atom stereocenters. The molecule has 2 aromatic rings. The monoisotopic (exact) mass is 460 g/mol. The maximum absolute atomic E-state index is 12.9. The second-order valence-electron chi connectivity index (χ2n) is 7.53. The normalized spacial score (nSPS) is 23.0. The molecule has 9 heteroatoms. The first-order valence-electron chi connectivity index (χ1n) is 9.92. The minimum Gasteiger partial charge on any atom is -0.497 e. The Kier molecular flexibility index (Phi) is 6.24. The second kappa shape index (κ2) is 8.92. The van der Waals surface area contributed by atoms with Gasteiger partial charge >= 0.3 is 0 Å². The van der Waals surface area contributed by atoms with Gasteiger partial charge in [-0.1, -0.05) is 42.1 Å². The minimum absolute atomic E-state index is 0.0969. The predicted molar refractivity (Wildman–Crippen MR) is 122 cm³/mol. The summed E-state index contributed by atoms with van der Waals surface area (Å²) in [6, 6.07) is 14.8. The van der Waals surface area contributed by atoms with Crippen molar-refractivity contribution in [1.82, 2.24) is 4.90 Å². The molecule has 0 aliphatic carbocycles. The molecule has 0 unspecified atom stereocenters. The summed E-state index contributed by atoms with van der Waals surface area (Å²) >= 11 is 1.38. The maximum Gasteiger partial charge on any atom is 0.279 e. The van der Waals surface area contributed by atoms with Crippen LogP contribution in [0.15, 0.2) is 53.5 Å². The first-order valence-corrected chi connectivity index (χ1v) is 12.6. The van der Waals surface area contributed by atoms with E-state index in [1.165, 1.54) is 26.0 Å². The average Bonchev–Trinajstić information content (AvgIpc) is 3.23. The number of sulfone groups is 1. The number of benzene rings is 2. The number of nitrogens with zero attached hydrogens (tertiary/aromatic N) is 2. The molecule has 0 aromatic heterocycles. The summed E-state index contributed by atoms with van der Waals surface area (Å²) in [7, 11) is -0.0339. The van der Waals surface area contributed by atoms with E-state index in [1.54, 1.807) is 18.2 Å². The van der Waals surface area contributed by atoms with Crippen molar-refractivity contribution in [3.8, 4) is 11.5 Å². The molecule has 0 N–H and O–H groups in total. The van der Waals surface area contributed by atoms with Gasteiger partial charge in [-0.3, -0.25) is 4.79 Å². The summed E-state index contributed by atoms with van der Waals surface area (Å²) in [5.41, 5.74) is 1.51. The molecule has 2 aliphatic rings. The highest BCUT2D eigenvalue weighted by atomic mass is 32.2. The molecule has 164 valence electrons. The van der Waals surface area contributed by atoms with E-state index in [1.807, 2.05) is 35.2 Å². The van der Waals surface area contributed by atoms with Crippen molar-refractivity contribution < 1.29 is 22.7 Å². The van der Waals surface area contributed by atoms with Crippen LogP contribution in [0.3, 0.4) is 0 Å². The van der Waals surface area contributed by atoms with Gasteiger partial charge in [0, 0.05) is 23.4 Å². The molecule has 0 saturated carbocycles. The highest BCUT2D eigenvalue weighted by Crippen LogP contribution is 2.38. The number of hydrogen-bond donors (Lipinski definition) is 0. The highest BCUT2D eigenvalue weighted by Gasteiger charge is 2.48. The van der Waals surface area contributed by atoms with Crippen LogP contribution >= 0.6 is 11.8 Å². The van der Waals surface area contributed by atoms with Crippen LogP contribution < -0.4 is 9.47 Å². The van der Waals surface area contributed by atoms with Crippen LogP contribution in [0, 0.1) is 0 Å². The van der Waals surface area contributed by atoms with Gasteiger partial charge in [0.2, 0.25) is 0 Å². The molecule has 1 amide bonds. The number of thioether (sulfide) groups is 1. The molecule has 7 nitrogen and oxygen atoms in total. The van der Waals surface area contributed by atoms with Gasteiger partial charge in [-0.15, -0.1) is 0 Å². The van der Waals surface area contributed by atoms with Crippen LogP contribution in [0.5, 0.6) is 11.5 Å². The minimum atomic E-state index is -3.08. The van der Waals surface area contributed by atoms with Crippen LogP contribution in [0.2, 0.25) is 0 Å². The fraction of sp³-hybridized carbons (Fsp3) is 0.364. The van der Waals surface area contributed by atoms with E-state index in [-0.39, 0.29) is 22.8 Å². The van der Waals surface area contributed by atoms with E-state index < -0.39 is 15.7 Å². The van der Waals surface area contributed by atoms with Gasteiger partial charge in [0.1, 0.15) is 11.5 Å². The van der Waals surface area contributed by atoms with Crippen LogP contribution in [-0.4, -0.2) is 68.0 Å². The maximum atomic E-state index is 12.9. The molecule has 2 aromatic carbocycles. The molecule has 31 heavy (non-hydrogen) atoms. The van der Waals surface area contributed by atoms with Gasteiger partial charge in [-0.2, -0.15) is 4.99 Å². The van der Waals surface area contributed by atoms with Gasteiger partial charge in [-0.25, -0.2) is 8.42 Å². The van der Waals surface area contributed by atoms with Crippen molar-refractivity contribution in [3.63, 3.8) is 0 Å². The fourth-order valence-electron chi connectivity index (χ4n) is 3.87. The first-order chi connectivity index (χ1) is 14.9. The standard InChI is InChI=1S/C22H24N2O5S2/c1-28-17-10-16(11-18(12-17)29-2)21(25)23-22-24(9-8-15-6-4-3-5-7-15)19-13-31(26,27)14-20(19)30-22/h3-7,10-12,19-20H,8-9,13-14H2,1-2H3/t19-,20-/m1/s1. The zero-order valence-electron chi connectivity index (χ0n) is 17.4. The Morgan fingerprint density at radius 2 is 1.77 bits per heavy atom. The third kappa shape index (κ3) is 4.88. The molecule has 0 radical (unpaired) electrons. The van der Waals surface area contributed by atoms with E-state index in [4.69, 9.17) is 9.47 Å². The van der Waals surface area contributed by atoms with E-state index in [9.17, 15) is 13.2 Å². The Morgan fingerprint density at radius 3 is 2.42 bits per heavy atom. The van der Waals surface area contributed by atoms with Gasteiger partial charge in [0.25, 0.3) is 5.91 Å². The number of rotatable bonds is 6. The predicted octanol–water partition coefficient (Wildman–Crippen LogP) is 2.66. The molecule has 2 heterocycles. The summed E-state index contributed by atoms with van der Waals surface area (Å²) in [5.74, 6) is 0.813. The Balaban J connectivity index is 1.60. The molecule has 2 fully saturated rings. The third-order valence-electron chi connectivity index (χ3n) is 5.45. The van der Waals surface area contributed by atoms with E-state index in [0.717, 1.165) is 12.0 Å². The van der Waals surface area contributed by atoms with Crippen molar-refractivity contribution in [1.29, 1.82) is 0 Å². The summed E-state index contributed by atoms with van der Waals surface area (Å²) < 4.78 is 34.9. The van der Waals surface area contributed by atoms with Crippen LogP contribution in [0.25, 0.3) is 0 Å². The van der Waals surface area contributed by atoms with Crippen molar-refractivity contribution in [2.24, 2.45) is 4.99 Å². The Bertz CT molecular complexity index is 1080. The van der Waals surface area contributed by atoms with Gasteiger partial charge in [-0.05, 0) is 24.1 Å². The zero-order valence-corrected chi connectivity index (χ0v) is 19.0. The number of fused-ring (bicyclic) bond motifs is 1. The zero-order chi connectivity index (χ0) is 22.0. The number of aliphatic imine (C=N–C) groups is 1. The first kappa shape index (κ1) is 21.7. The summed E-state index contributed by atoms with van der Waals surface area (Å²) in [4.78, 5) is 19.3. The Morgan fingerprint density at radius 1 is 1.10 bits per heavy atom. The van der Waals surface area contributed by atoms with Gasteiger partial charge < -0.3 is 14.4 Å². The Hall–Kier alpha value is -2.52. The van der Waals surface area contributed by atoms with Crippen molar-refractivity contribution in [2.45, 2.75) is 17.7 Å². The van der Waals surface area contributed by atoms with Gasteiger partial charge in [0.05, 0.1) is 31.8 Å². The number of carbonyl (C=O) groups excluding carboxylic acids is 1. The van der Waals surface area contributed by atoms with E-state index >= 15 is 0 Å². The fourth-order valence-corrected chi connectivity index (χ4v) is 7.85. The molecule has 0 spiro atoms. The van der Waals surface area contributed by atoms with Crippen molar-refractivity contribution in [3.05, 3.63) is 59.7 Å². The van der Waals surface area contributed by atoms with Gasteiger partial charge in [0.15, 0.2) is 15.0 Å². The van der Waals surface area contributed by atoms with Crippen LogP contribution in [0.1, 0.15) is 15.9 Å². The third-order valence-corrected chi connectivity index (χ3v) is 8.70. The number of amidine groups is 1. The lowest BCUT2D eigenvalue weighted by Gasteiger charge is -2.24. The average molecular weight is 461 g/mol. The number of amides is 1. The topological polar surface area (TPSA) is 85.3 Å². The largest absolute Gasteiger partial charge is 0.497 e. The van der Waals surface area contributed by atoms with E-state index in [2.05, 4.69) is 4.99 Å². The summed E-state index contributed by atoms with van der Waals surface area (Å²) in [6.45, 7) is 0.598. The lowest BCUT2D eigenvalue weighted by atomic mass is 10.1. The Labute approximate surface area is 186 Å². The lowest BCUT2D eigenvalue weighted by molar-refractivity contribution is 0.100. The highest BCUT2D eigenvalue weighted by molar-refractivity contribution is 8.15. The summed E-state index contributed by atoms with van der Waals surface area (Å²) in [5, 5.41) is 0.472. The smallest absolute Gasteiger partial charge is 0.279 e. The molecule has 2 aliphatic heterocycles. The molecular formula is C22H24N2O5S2. The number of methoxy groups -OCH3 is 2. The van der Waals surface area contributed by atoms with E-state index in [0.29, 0.717) is 28.8 Å². The number of carbonyl (C=O) groups is 1. The summed E-state index contributed by atoms with van der Waals surface area (Å²) in [6.07, 6.45) is 0.741. The molecular weight excluding hydrogens is 436 g/mol. The van der Waals surface area contributed by atoms with Crippen LogP contribution in [0.4, 0.5) is 0 Å². The molecule has 0 bridgehead atoms. The quantitative estimate of drug-likeness (QED) is 0.655. The lowest BCUT2D eigenvalue weighted by Crippen LogP contribution is -2.39.